The van der Waals surface area contributed by atoms with Crippen LogP contribution in [0.4, 0.5) is 0 Å². The predicted molar refractivity (Wildman–Crippen MR) is 310 cm³/mol. The molecule has 1 aliphatic heterocycles. The molecule has 0 amide bonds. The van der Waals surface area contributed by atoms with Crippen LogP contribution in [0.3, 0.4) is 0 Å². The van der Waals surface area contributed by atoms with Crippen molar-refractivity contribution in [1.29, 1.82) is 0 Å². The third-order valence-corrected chi connectivity index (χ3v) is 17.9. The topological polar surface area (TPSA) is 96.2 Å². The number of aliphatic hydroxyl groups is 2. The van der Waals surface area contributed by atoms with E-state index in [1.54, 1.807) is 0 Å². The highest BCUT2D eigenvalue weighted by Crippen LogP contribution is 2.43. The van der Waals surface area contributed by atoms with Crippen molar-refractivity contribution in [2.24, 2.45) is 0 Å². The molecule has 2 saturated carbocycles. The Morgan fingerprint density at radius 3 is 1.29 bits per heavy atom. The van der Waals surface area contributed by atoms with Gasteiger partial charge in [0.05, 0.1) is 17.6 Å². The fourth-order valence-electron chi connectivity index (χ4n) is 12.0. The van der Waals surface area contributed by atoms with Crippen molar-refractivity contribution in [3.8, 4) is 34.8 Å². The van der Waals surface area contributed by atoms with Gasteiger partial charge in [0.15, 0.2) is 0 Å². The van der Waals surface area contributed by atoms with Gasteiger partial charge in [-0.05, 0) is 206 Å². The lowest BCUT2D eigenvalue weighted by Gasteiger charge is -2.34. The minimum Gasteiger partial charge on any atom is -0.481 e. The third-order valence-electron chi connectivity index (χ3n) is 17.9. The maximum Gasteiger partial charge on any atom is 0.495 e. The molecule has 396 valence electrons. The zero-order valence-corrected chi connectivity index (χ0v) is 47.5. The number of aryl methyl sites for hydroxylation is 4. The van der Waals surface area contributed by atoms with Crippen LogP contribution in [0, 0.1) is 51.4 Å². The molecule has 3 aliphatic rings. The standard InChI is InChI=1S/C35H40O3.C33H45BO3/c1-5-35(6-2,30-15-14-28(25(3)22-30)18-21-34(38)19-8-7-9-20-34)31-16-17-32(26(4)23-31)29-12-10-27(11-13-29)24-33(36)37;1-9-33(10-2,27-15-14-26(24(3)22-27)18-21-32(35)19-12-11-13-20-32)28-16-17-29(25(4)23-28)34-36-30(5,6)31(7,8)37-34/h10-17,22-23,38H,5-9,19-20,24H2,1-4H3,(H,36,37);14-17,22-23,35H,9-13,19-20H2,1-8H3. The fourth-order valence-corrected chi connectivity index (χ4v) is 12.0. The first-order valence-electron chi connectivity index (χ1n) is 28.2. The van der Waals surface area contributed by atoms with Crippen molar-refractivity contribution in [2.75, 3.05) is 0 Å². The second-order valence-electron chi connectivity index (χ2n) is 23.3. The lowest BCUT2D eigenvalue weighted by atomic mass is 9.68. The molecular formula is C68H85BO6. The van der Waals surface area contributed by atoms with Gasteiger partial charge in [-0.1, -0.05) is 155 Å². The molecule has 7 heteroatoms. The number of hydrogen-bond acceptors (Lipinski definition) is 5. The van der Waals surface area contributed by atoms with E-state index in [1.807, 2.05) is 24.3 Å². The first kappa shape index (κ1) is 57.3. The highest BCUT2D eigenvalue weighted by atomic mass is 16.7. The maximum atomic E-state index is 11.0. The molecule has 0 unspecified atom stereocenters. The van der Waals surface area contributed by atoms with Gasteiger partial charge in [-0.2, -0.15) is 0 Å². The van der Waals surface area contributed by atoms with Gasteiger partial charge in [0, 0.05) is 22.0 Å². The number of rotatable bonds is 12. The van der Waals surface area contributed by atoms with Gasteiger partial charge in [0.2, 0.25) is 0 Å². The highest BCUT2D eigenvalue weighted by Gasteiger charge is 2.52. The summed E-state index contributed by atoms with van der Waals surface area (Å²) in [6.45, 7) is 26.1. The Kier molecular flexibility index (Phi) is 17.9. The van der Waals surface area contributed by atoms with Crippen LogP contribution < -0.4 is 5.46 Å². The Bertz CT molecular complexity index is 2920. The second kappa shape index (κ2) is 23.5. The molecule has 1 heterocycles. The Labute approximate surface area is 451 Å². The molecule has 1 saturated heterocycles. The van der Waals surface area contributed by atoms with Gasteiger partial charge >= 0.3 is 13.1 Å². The van der Waals surface area contributed by atoms with Crippen LogP contribution in [0.15, 0.2) is 97.1 Å². The summed E-state index contributed by atoms with van der Waals surface area (Å²) in [4.78, 5) is 11.0. The van der Waals surface area contributed by atoms with Gasteiger partial charge in [0.25, 0.3) is 0 Å². The number of hydrogen-bond donors (Lipinski definition) is 3. The van der Waals surface area contributed by atoms with Crippen LogP contribution in [-0.4, -0.2) is 50.8 Å². The summed E-state index contributed by atoms with van der Waals surface area (Å²) in [5, 5.41) is 30.7. The van der Waals surface area contributed by atoms with Gasteiger partial charge in [-0.15, -0.1) is 0 Å². The molecular weight excluding hydrogens is 924 g/mol. The second-order valence-corrected chi connectivity index (χ2v) is 23.3. The quantitative estimate of drug-likeness (QED) is 0.0851. The average molecular weight is 1010 g/mol. The first-order valence-corrected chi connectivity index (χ1v) is 28.2. The van der Waals surface area contributed by atoms with E-state index in [1.165, 1.54) is 57.3 Å². The predicted octanol–water partition coefficient (Wildman–Crippen LogP) is 14.5. The number of aliphatic carboxylic acids is 1. The van der Waals surface area contributed by atoms with Crippen molar-refractivity contribution in [3.63, 3.8) is 0 Å². The lowest BCUT2D eigenvalue weighted by molar-refractivity contribution is -0.136. The Hall–Kier alpha value is -5.41. The van der Waals surface area contributed by atoms with E-state index in [0.29, 0.717) is 0 Å². The Morgan fingerprint density at radius 1 is 0.533 bits per heavy atom. The molecule has 5 aromatic carbocycles. The van der Waals surface area contributed by atoms with Crippen molar-refractivity contribution < 1.29 is 29.4 Å². The number of carboxylic acid groups (broad SMARTS) is 1. The van der Waals surface area contributed by atoms with Crippen LogP contribution in [0.5, 0.6) is 0 Å². The summed E-state index contributed by atoms with van der Waals surface area (Å²) in [5.74, 6) is 12.2. The monoisotopic (exact) mass is 1010 g/mol. The normalized spacial score (nSPS) is 17.7. The smallest absolute Gasteiger partial charge is 0.481 e. The zero-order valence-electron chi connectivity index (χ0n) is 47.5. The molecule has 0 radical (unpaired) electrons. The maximum absolute atomic E-state index is 11.0. The van der Waals surface area contributed by atoms with E-state index >= 15 is 0 Å². The molecule has 0 aromatic heterocycles. The van der Waals surface area contributed by atoms with Crippen LogP contribution in [-0.2, 0) is 31.4 Å². The molecule has 8 rings (SSSR count). The lowest BCUT2D eigenvalue weighted by Crippen LogP contribution is -2.41. The SMILES string of the molecule is CCC(CC)(c1ccc(C#CC2(O)CCCCC2)c(C)c1)c1ccc(-c2ccc(CC(=O)O)cc2)c(C)c1.CCC(CC)(c1ccc(C#CC2(O)CCCCC2)c(C)c1)c1ccc(B2OC(C)(C)C(C)(C)O2)c(C)c1. The molecule has 75 heavy (non-hydrogen) atoms. The van der Waals surface area contributed by atoms with Gasteiger partial charge in [-0.25, -0.2) is 0 Å². The van der Waals surface area contributed by atoms with Crippen LogP contribution in [0.1, 0.15) is 206 Å². The summed E-state index contributed by atoms with van der Waals surface area (Å²) in [6.07, 6.45) is 13.7. The molecule has 5 aromatic rings. The minimum absolute atomic E-state index is 0.0401. The van der Waals surface area contributed by atoms with E-state index in [4.69, 9.17) is 14.4 Å². The number of carbonyl (C=O) groups is 1. The fraction of sp³-hybridized carbons (Fsp3) is 0.485. The average Bonchev–Trinajstić information content (AvgIpc) is 3.60. The summed E-state index contributed by atoms with van der Waals surface area (Å²) < 4.78 is 12.7. The Balaban J connectivity index is 0.000000219. The largest absolute Gasteiger partial charge is 0.495 e. The number of benzene rings is 5. The van der Waals surface area contributed by atoms with E-state index < -0.39 is 17.2 Å². The third kappa shape index (κ3) is 12.6. The summed E-state index contributed by atoms with van der Waals surface area (Å²) in [5.41, 5.74) is 13.6. The van der Waals surface area contributed by atoms with Crippen molar-refractivity contribution in [3.05, 3.63) is 158 Å². The van der Waals surface area contributed by atoms with Crippen molar-refractivity contribution in [1.82, 2.24) is 0 Å². The molecule has 3 N–H and O–H groups in total. The van der Waals surface area contributed by atoms with Gasteiger partial charge in [0.1, 0.15) is 11.2 Å². The molecule has 6 nitrogen and oxygen atoms in total. The molecule has 2 aliphatic carbocycles. The van der Waals surface area contributed by atoms with Gasteiger partial charge in [-0.3, -0.25) is 4.79 Å². The molecule has 0 spiro atoms. The molecule has 3 fully saturated rings. The zero-order chi connectivity index (χ0) is 54.4. The van der Waals surface area contributed by atoms with E-state index in [9.17, 15) is 15.0 Å². The summed E-state index contributed by atoms with van der Waals surface area (Å²) in [6, 6.07) is 34.7. The number of carboxylic acids is 1. The highest BCUT2D eigenvalue weighted by molar-refractivity contribution is 6.62. The molecule has 0 bridgehead atoms. The summed E-state index contributed by atoms with van der Waals surface area (Å²) in [7, 11) is -0.351. The van der Waals surface area contributed by atoms with Crippen LogP contribution in [0.2, 0.25) is 0 Å². The molecule has 0 atom stereocenters. The summed E-state index contributed by atoms with van der Waals surface area (Å²) >= 11 is 0. The van der Waals surface area contributed by atoms with Crippen LogP contribution >= 0.6 is 0 Å². The van der Waals surface area contributed by atoms with Gasteiger partial charge < -0.3 is 24.6 Å². The Morgan fingerprint density at radius 2 is 0.920 bits per heavy atom. The van der Waals surface area contributed by atoms with E-state index in [-0.39, 0.29) is 35.6 Å². The minimum atomic E-state index is -0.837. The van der Waals surface area contributed by atoms with E-state index in [0.717, 1.165) is 110 Å². The van der Waals surface area contributed by atoms with Crippen molar-refractivity contribution in [2.45, 2.75) is 213 Å². The first-order chi connectivity index (χ1) is 35.6. The van der Waals surface area contributed by atoms with E-state index in [2.05, 4.69) is 180 Å². The van der Waals surface area contributed by atoms with Crippen molar-refractivity contribution >= 4 is 18.6 Å². The van der Waals surface area contributed by atoms with Crippen LogP contribution in [0.25, 0.3) is 11.1 Å².